The van der Waals surface area contributed by atoms with Crippen LogP contribution < -0.4 is 10.6 Å². The summed E-state index contributed by atoms with van der Waals surface area (Å²) in [4.78, 5) is 13.9. The van der Waals surface area contributed by atoms with E-state index in [9.17, 15) is 4.79 Å². The molecule has 5 nitrogen and oxygen atoms in total. The molecule has 2 aromatic rings. The van der Waals surface area contributed by atoms with Gasteiger partial charge in [-0.3, -0.25) is 9.48 Å². The van der Waals surface area contributed by atoms with E-state index in [0.29, 0.717) is 12.5 Å². The van der Waals surface area contributed by atoms with Crippen LogP contribution in [0, 0.1) is 0 Å². The van der Waals surface area contributed by atoms with Gasteiger partial charge in [-0.2, -0.15) is 5.10 Å². The number of halogens is 1. The summed E-state index contributed by atoms with van der Waals surface area (Å²) >= 11 is 1.50. The summed E-state index contributed by atoms with van der Waals surface area (Å²) in [5.41, 5.74) is 1.06. The van der Waals surface area contributed by atoms with Gasteiger partial charge in [-0.15, -0.1) is 23.7 Å². The van der Waals surface area contributed by atoms with Crippen LogP contribution in [0.1, 0.15) is 42.1 Å². The minimum atomic E-state index is -0.00110. The van der Waals surface area contributed by atoms with E-state index in [2.05, 4.69) is 29.6 Å². The monoisotopic (exact) mass is 330 g/mol. The molecule has 0 saturated carbocycles. The van der Waals surface area contributed by atoms with Gasteiger partial charge in [0.2, 0.25) is 0 Å². The Kier molecular flexibility index (Phi) is 6.64. The molecular formula is C14H23ClN4OS. The van der Waals surface area contributed by atoms with Gasteiger partial charge < -0.3 is 10.6 Å². The van der Waals surface area contributed by atoms with Crippen LogP contribution in [-0.4, -0.2) is 35.3 Å². The molecule has 0 aliphatic carbocycles. The Morgan fingerprint density at radius 1 is 1.43 bits per heavy atom. The van der Waals surface area contributed by atoms with Crippen LogP contribution in [0.15, 0.2) is 6.07 Å². The van der Waals surface area contributed by atoms with Crippen molar-refractivity contribution < 1.29 is 4.79 Å². The molecule has 0 aliphatic heterocycles. The lowest BCUT2D eigenvalue weighted by Crippen LogP contribution is -2.31. The summed E-state index contributed by atoms with van der Waals surface area (Å²) in [7, 11) is 1.93. The number of amides is 1. The summed E-state index contributed by atoms with van der Waals surface area (Å²) in [6, 6.07) is 1.96. The molecule has 2 N–H and O–H groups in total. The fourth-order valence-corrected chi connectivity index (χ4v) is 3.13. The van der Waals surface area contributed by atoms with E-state index < -0.39 is 0 Å². The maximum atomic E-state index is 12.1. The molecule has 0 atom stereocenters. The number of carbonyl (C=O) groups is 1. The maximum Gasteiger partial charge on any atom is 0.261 e. The zero-order valence-electron chi connectivity index (χ0n) is 12.9. The van der Waals surface area contributed by atoms with E-state index in [0.717, 1.165) is 33.9 Å². The van der Waals surface area contributed by atoms with Crippen molar-refractivity contribution in [2.24, 2.45) is 7.05 Å². The van der Waals surface area contributed by atoms with Gasteiger partial charge in [0.25, 0.3) is 5.91 Å². The predicted molar refractivity (Wildman–Crippen MR) is 90.8 cm³/mol. The lowest BCUT2D eigenvalue weighted by Gasteiger charge is -2.03. The van der Waals surface area contributed by atoms with E-state index in [1.165, 1.54) is 11.3 Å². The minimum Gasteiger partial charge on any atom is -0.350 e. The number of likely N-dealkylation sites (N-methyl/N-ethyl adjacent to an activating group) is 1. The molecule has 0 bridgehead atoms. The fraction of sp³-hybridized carbons (Fsp3) is 0.571. The van der Waals surface area contributed by atoms with Crippen molar-refractivity contribution in [3.63, 3.8) is 0 Å². The molecule has 2 aromatic heterocycles. The number of rotatable bonds is 6. The van der Waals surface area contributed by atoms with Gasteiger partial charge in [0.15, 0.2) is 0 Å². The SMILES string of the molecule is CCNCCNC(=O)c1cc2c(C(C)C)nn(C)c2s1.Cl. The zero-order valence-corrected chi connectivity index (χ0v) is 14.5. The highest BCUT2D eigenvalue weighted by atomic mass is 35.5. The van der Waals surface area contributed by atoms with Crippen molar-refractivity contribution >= 4 is 39.9 Å². The van der Waals surface area contributed by atoms with E-state index >= 15 is 0 Å². The van der Waals surface area contributed by atoms with E-state index in [-0.39, 0.29) is 18.3 Å². The predicted octanol–water partition coefficient (Wildman–Crippen LogP) is 2.52. The first-order valence-electron chi connectivity index (χ1n) is 7.00. The molecule has 0 saturated heterocycles. The Morgan fingerprint density at radius 2 is 2.14 bits per heavy atom. The third-order valence-electron chi connectivity index (χ3n) is 3.15. The first kappa shape index (κ1) is 17.9. The Hall–Kier alpha value is -1.11. The lowest BCUT2D eigenvalue weighted by molar-refractivity contribution is 0.0958. The van der Waals surface area contributed by atoms with Gasteiger partial charge in [0.05, 0.1) is 10.6 Å². The molecule has 2 heterocycles. The highest BCUT2D eigenvalue weighted by molar-refractivity contribution is 7.20. The van der Waals surface area contributed by atoms with Crippen LogP contribution in [0.5, 0.6) is 0 Å². The van der Waals surface area contributed by atoms with Crippen LogP contribution in [-0.2, 0) is 7.05 Å². The lowest BCUT2D eigenvalue weighted by atomic mass is 10.1. The number of nitrogens with one attached hydrogen (secondary N) is 2. The second-order valence-corrected chi connectivity index (χ2v) is 6.13. The van der Waals surface area contributed by atoms with Crippen LogP contribution in [0.3, 0.4) is 0 Å². The van der Waals surface area contributed by atoms with Gasteiger partial charge in [-0.1, -0.05) is 20.8 Å². The largest absolute Gasteiger partial charge is 0.350 e. The average molecular weight is 331 g/mol. The van der Waals surface area contributed by atoms with Crippen LogP contribution in [0.25, 0.3) is 10.2 Å². The summed E-state index contributed by atoms with van der Waals surface area (Å²) in [6.07, 6.45) is 0. The molecule has 2 rings (SSSR count). The van der Waals surface area contributed by atoms with Crippen LogP contribution in [0.2, 0.25) is 0 Å². The molecule has 21 heavy (non-hydrogen) atoms. The smallest absolute Gasteiger partial charge is 0.261 e. The molecule has 118 valence electrons. The minimum absolute atomic E-state index is 0. The normalized spacial score (nSPS) is 10.9. The van der Waals surface area contributed by atoms with E-state index in [1.807, 2.05) is 24.7 Å². The van der Waals surface area contributed by atoms with Crippen LogP contribution in [0.4, 0.5) is 0 Å². The highest BCUT2D eigenvalue weighted by Gasteiger charge is 2.18. The topological polar surface area (TPSA) is 58.9 Å². The Bertz CT molecular complexity index is 605. The maximum absolute atomic E-state index is 12.1. The standard InChI is InChI=1S/C14H22N4OS.ClH/c1-5-15-6-7-16-13(19)11-8-10-12(9(2)3)17-18(4)14(10)20-11;/h8-9,15H,5-7H2,1-4H3,(H,16,19);1H. The first-order valence-corrected chi connectivity index (χ1v) is 7.81. The van der Waals surface area contributed by atoms with Crippen molar-refractivity contribution in [1.82, 2.24) is 20.4 Å². The number of fused-ring (bicyclic) bond motifs is 1. The van der Waals surface area contributed by atoms with Crippen molar-refractivity contribution in [2.75, 3.05) is 19.6 Å². The second-order valence-electron chi connectivity index (χ2n) is 5.10. The molecule has 7 heteroatoms. The Balaban J connectivity index is 0.00000220. The molecule has 0 aliphatic rings. The van der Waals surface area contributed by atoms with Crippen molar-refractivity contribution in [1.29, 1.82) is 0 Å². The number of carbonyl (C=O) groups excluding carboxylic acids is 1. The Morgan fingerprint density at radius 3 is 2.76 bits per heavy atom. The van der Waals surface area contributed by atoms with Crippen molar-refractivity contribution in [3.8, 4) is 0 Å². The number of hydrogen-bond donors (Lipinski definition) is 2. The summed E-state index contributed by atoms with van der Waals surface area (Å²) in [5, 5.41) is 11.7. The molecule has 0 fully saturated rings. The number of aryl methyl sites for hydroxylation is 1. The molecule has 1 amide bonds. The third kappa shape index (κ3) is 3.96. The van der Waals surface area contributed by atoms with E-state index in [4.69, 9.17) is 0 Å². The van der Waals surface area contributed by atoms with Gasteiger partial charge in [-0.05, 0) is 18.5 Å². The highest BCUT2D eigenvalue weighted by Crippen LogP contribution is 2.31. The third-order valence-corrected chi connectivity index (χ3v) is 4.35. The number of hydrogen-bond acceptors (Lipinski definition) is 4. The molecular weight excluding hydrogens is 308 g/mol. The van der Waals surface area contributed by atoms with Gasteiger partial charge in [0.1, 0.15) is 4.83 Å². The molecule has 0 radical (unpaired) electrons. The van der Waals surface area contributed by atoms with Crippen molar-refractivity contribution in [2.45, 2.75) is 26.7 Å². The molecule has 0 aromatic carbocycles. The summed E-state index contributed by atoms with van der Waals surface area (Å²) < 4.78 is 1.87. The first-order chi connectivity index (χ1) is 9.54. The van der Waals surface area contributed by atoms with Crippen molar-refractivity contribution in [3.05, 3.63) is 16.6 Å². The number of aromatic nitrogens is 2. The fourth-order valence-electron chi connectivity index (χ4n) is 2.13. The average Bonchev–Trinajstić information content (AvgIpc) is 2.95. The number of thiophene rings is 1. The van der Waals surface area contributed by atoms with E-state index in [1.54, 1.807) is 0 Å². The van der Waals surface area contributed by atoms with Gasteiger partial charge in [0, 0.05) is 25.5 Å². The number of nitrogens with zero attached hydrogens (tertiary/aromatic N) is 2. The molecule has 0 spiro atoms. The molecule has 0 unspecified atom stereocenters. The second kappa shape index (κ2) is 7.77. The zero-order chi connectivity index (χ0) is 14.7. The Labute approximate surface area is 135 Å². The summed E-state index contributed by atoms with van der Waals surface area (Å²) in [6.45, 7) is 8.66. The summed E-state index contributed by atoms with van der Waals surface area (Å²) in [5.74, 6) is 0.358. The quantitative estimate of drug-likeness (QED) is 0.800. The van der Waals surface area contributed by atoms with Crippen LogP contribution >= 0.6 is 23.7 Å². The van der Waals surface area contributed by atoms with Gasteiger partial charge in [-0.25, -0.2) is 0 Å². The van der Waals surface area contributed by atoms with Gasteiger partial charge >= 0.3 is 0 Å².